The highest BCUT2D eigenvalue weighted by molar-refractivity contribution is 6.19. The Bertz CT molecular complexity index is 3530. The van der Waals surface area contributed by atoms with Crippen LogP contribution in [0.1, 0.15) is 0 Å². The number of nitrogens with zero attached hydrogens (tertiary/aromatic N) is 4. The van der Waals surface area contributed by atoms with Crippen LogP contribution in [0.5, 0.6) is 0 Å². The molecule has 12 aromatic rings. The van der Waals surface area contributed by atoms with Crippen molar-refractivity contribution in [2.75, 3.05) is 0 Å². The maximum Gasteiger partial charge on any atom is 0.166 e. The fraction of sp³-hybridized carbons (Fsp3) is 0. The van der Waals surface area contributed by atoms with Crippen LogP contribution in [0.15, 0.2) is 191 Å². The molecule has 57 heavy (non-hydrogen) atoms. The van der Waals surface area contributed by atoms with Gasteiger partial charge in [0.15, 0.2) is 17.5 Å². The number of benzene rings is 8. The molecule has 0 spiro atoms. The number of para-hydroxylation sites is 3. The van der Waals surface area contributed by atoms with E-state index in [0.29, 0.717) is 17.5 Å². The molecule has 0 radical (unpaired) electrons. The van der Waals surface area contributed by atoms with Crippen molar-refractivity contribution >= 4 is 65.7 Å². The van der Waals surface area contributed by atoms with Gasteiger partial charge < -0.3 is 13.4 Å². The van der Waals surface area contributed by atoms with Crippen molar-refractivity contribution in [2.24, 2.45) is 0 Å². The average Bonchev–Trinajstić information content (AvgIpc) is 3.97. The van der Waals surface area contributed by atoms with E-state index in [1.165, 1.54) is 0 Å². The molecule has 0 N–H and O–H groups in total. The van der Waals surface area contributed by atoms with E-state index in [2.05, 4.69) is 126 Å². The van der Waals surface area contributed by atoms with Crippen LogP contribution < -0.4 is 0 Å². The second-order valence-electron chi connectivity index (χ2n) is 14.3. The van der Waals surface area contributed by atoms with Crippen LogP contribution in [0.2, 0.25) is 0 Å². The lowest BCUT2D eigenvalue weighted by molar-refractivity contribution is 0.668. The van der Waals surface area contributed by atoms with E-state index in [9.17, 15) is 0 Å². The third kappa shape index (κ3) is 4.81. The Morgan fingerprint density at radius 1 is 0.333 bits per heavy atom. The summed E-state index contributed by atoms with van der Waals surface area (Å²) in [5, 5.41) is 6.35. The van der Waals surface area contributed by atoms with Gasteiger partial charge in [-0.1, -0.05) is 140 Å². The monoisotopic (exact) mass is 730 g/mol. The predicted molar refractivity (Wildman–Crippen MR) is 230 cm³/mol. The van der Waals surface area contributed by atoms with Crippen molar-refractivity contribution in [3.05, 3.63) is 182 Å². The van der Waals surface area contributed by atoms with Gasteiger partial charge in [-0.3, -0.25) is 0 Å². The van der Waals surface area contributed by atoms with E-state index in [1.807, 2.05) is 60.7 Å². The number of fused-ring (bicyclic) bond motifs is 9. The highest BCUT2D eigenvalue weighted by Gasteiger charge is 2.24. The van der Waals surface area contributed by atoms with Crippen LogP contribution in [0.3, 0.4) is 0 Å². The van der Waals surface area contributed by atoms with Crippen LogP contribution in [0.4, 0.5) is 0 Å². The molecule has 0 aliphatic rings. The third-order valence-corrected chi connectivity index (χ3v) is 11.1. The van der Waals surface area contributed by atoms with Gasteiger partial charge in [0.1, 0.15) is 22.3 Å². The summed E-state index contributed by atoms with van der Waals surface area (Å²) in [7, 11) is 0. The molecule has 0 fully saturated rings. The first-order valence-electron chi connectivity index (χ1n) is 19.0. The van der Waals surface area contributed by atoms with Gasteiger partial charge >= 0.3 is 0 Å². The molecule has 6 nitrogen and oxygen atoms in total. The van der Waals surface area contributed by atoms with E-state index in [0.717, 1.165) is 99.2 Å². The molecule has 0 saturated carbocycles. The zero-order valence-corrected chi connectivity index (χ0v) is 30.4. The number of aromatic nitrogens is 4. The van der Waals surface area contributed by atoms with Crippen LogP contribution >= 0.6 is 0 Å². The Kier molecular flexibility index (Phi) is 6.83. The lowest BCUT2D eigenvalue weighted by Gasteiger charge is -2.14. The maximum absolute atomic E-state index is 6.63. The topological polar surface area (TPSA) is 69.9 Å². The van der Waals surface area contributed by atoms with Crippen molar-refractivity contribution < 1.29 is 8.83 Å². The maximum atomic E-state index is 6.63. The number of hydrogen-bond acceptors (Lipinski definition) is 5. The Morgan fingerprint density at radius 3 is 1.67 bits per heavy atom. The molecule has 6 heteroatoms. The van der Waals surface area contributed by atoms with E-state index >= 15 is 0 Å². The van der Waals surface area contributed by atoms with E-state index < -0.39 is 0 Å². The standard InChI is InChI=1S/C51H30N4O2/c1-3-15-31(16-4-1)33-21-12-29-43-46(33)47-40(26-14-30-44(47)57-43)55-39-25-9-7-19-34(39)35-22-11-24-38(48(35)55)51-53-49(32-17-5-2-6-18-32)52-50(54-51)37-23-13-28-42-45(37)36-20-8-10-27-41(36)56-42/h1-30H. The van der Waals surface area contributed by atoms with Crippen molar-refractivity contribution in [3.63, 3.8) is 0 Å². The van der Waals surface area contributed by atoms with Gasteiger partial charge in [0.05, 0.1) is 22.1 Å². The normalized spacial score (nSPS) is 11.9. The molecule has 0 aliphatic carbocycles. The van der Waals surface area contributed by atoms with Gasteiger partial charge in [-0.25, -0.2) is 15.0 Å². The van der Waals surface area contributed by atoms with Crippen molar-refractivity contribution in [2.45, 2.75) is 0 Å². The Balaban J connectivity index is 1.19. The molecule has 0 amide bonds. The first-order chi connectivity index (χ1) is 28.3. The summed E-state index contributed by atoms with van der Waals surface area (Å²) in [6.45, 7) is 0. The van der Waals surface area contributed by atoms with Gasteiger partial charge in [0.25, 0.3) is 0 Å². The second kappa shape index (κ2) is 12.3. The minimum absolute atomic E-state index is 0.575. The molecule has 8 aromatic carbocycles. The minimum atomic E-state index is 0.575. The van der Waals surface area contributed by atoms with Gasteiger partial charge in [-0.05, 0) is 53.6 Å². The minimum Gasteiger partial charge on any atom is -0.456 e. The highest BCUT2D eigenvalue weighted by atomic mass is 16.3. The Labute approximate surface area is 325 Å². The average molecular weight is 731 g/mol. The van der Waals surface area contributed by atoms with Crippen molar-refractivity contribution in [1.29, 1.82) is 0 Å². The van der Waals surface area contributed by atoms with Gasteiger partial charge in [0.2, 0.25) is 0 Å². The Morgan fingerprint density at radius 2 is 0.860 bits per heavy atom. The van der Waals surface area contributed by atoms with E-state index in [-0.39, 0.29) is 0 Å². The molecule has 0 bridgehead atoms. The Hall–Kier alpha value is -7.83. The number of rotatable bonds is 5. The highest BCUT2D eigenvalue weighted by Crippen LogP contribution is 2.44. The molecule has 0 aliphatic heterocycles. The van der Waals surface area contributed by atoms with Gasteiger partial charge in [-0.2, -0.15) is 0 Å². The first kappa shape index (κ1) is 31.5. The first-order valence-corrected chi connectivity index (χ1v) is 19.0. The summed E-state index contributed by atoms with van der Waals surface area (Å²) in [6, 6.07) is 62.5. The number of furan rings is 2. The summed E-state index contributed by atoms with van der Waals surface area (Å²) in [6.07, 6.45) is 0. The molecule has 4 heterocycles. The molecule has 4 aromatic heterocycles. The van der Waals surface area contributed by atoms with E-state index in [4.69, 9.17) is 23.8 Å². The SMILES string of the molecule is c1ccc(-c2nc(-c3cccc4oc5ccccc5c34)nc(-c3cccc4c5ccccc5n(-c5cccc6oc7cccc(-c8ccccc8)c7c56)c34)n2)cc1. The number of hydrogen-bond donors (Lipinski definition) is 0. The largest absolute Gasteiger partial charge is 0.456 e. The smallest absolute Gasteiger partial charge is 0.166 e. The van der Waals surface area contributed by atoms with Crippen LogP contribution in [-0.2, 0) is 0 Å². The summed E-state index contributed by atoms with van der Waals surface area (Å²) in [5.74, 6) is 1.74. The predicted octanol–water partition coefficient (Wildman–Crippen LogP) is 13.4. The molecular weight excluding hydrogens is 701 g/mol. The lowest BCUT2D eigenvalue weighted by Crippen LogP contribution is -2.02. The van der Waals surface area contributed by atoms with Crippen LogP contribution in [0, 0.1) is 0 Å². The fourth-order valence-corrected chi connectivity index (χ4v) is 8.64. The fourth-order valence-electron chi connectivity index (χ4n) is 8.64. The molecule has 0 unspecified atom stereocenters. The van der Waals surface area contributed by atoms with Gasteiger partial charge in [0, 0.05) is 43.6 Å². The van der Waals surface area contributed by atoms with Crippen LogP contribution in [0.25, 0.3) is 117 Å². The molecule has 12 rings (SSSR count). The van der Waals surface area contributed by atoms with Crippen LogP contribution in [-0.4, -0.2) is 19.5 Å². The second-order valence-corrected chi connectivity index (χ2v) is 14.3. The summed E-state index contributed by atoms with van der Waals surface area (Å²) in [5.41, 5.74) is 11.3. The summed E-state index contributed by atoms with van der Waals surface area (Å²) >= 11 is 0. The molecule has 266 valence electrons. The molecule has 0 saturated heterocycles. The van der Waals surface area contributed by atoms with Gasteiger partial charge in [-0.15, -0.1) is 0 Å². The zero-order valence-electron chi connectivity index (χ0n) is 30.4. The summed E-state index contributed by atoms with van der Waals surface area (Å²) < 4.78 is 15.3. The molecule has 0 atom stereocenters. The lowest BCUT2D eigenvalue weighted by atomic mass is 9.98. The summed E-state index contributed by atoms with van der Waals surface area (Å²) in [4.78, 5) is 15.8. The zero-order chi connectivity index (χ0) is 37.5. The van der Waals surface area contributed by atoms with E-state index in [1.54, 1.807) is 0 Å². The quantitative estimate of drug-likeness (QED) is 0.176. The van der Waals surface area contributed by atoms with Crippen molar-refractivity contribution in [3.8, 4) is 51.0 Å². The molecular formula is C51H30N4O2. The third-order valence-electron chi connectivity index (χ3n) is 11.1. The van der Waals surface area contributed by atoms with Crippen molar-refractivity contribution in [1.82, 2.24) is 19.5 Å².